The lowest BCUT2D eigenvalue weighted by molar-refractivity contribution is 0.147. The summed E-state index contributed by atoms with van der Waals surface area (Å²) in [5.41, 5.74) is 2.46. The fourth-order valence-corrected chi connectivity index (χ4v) is 1.99. The zero-order chi connectivity index (χ0) is 14.2. The van der Waals surface area contributed by atoms with Crippen LogP contribution in [-0.4, -0.2) is 34.3 Å². The van der Waals surface area contributed by atoms with E-state index in [-0.39, 0.29) is 0 Å². The molecule has 0 aliphatic rings. The van der Waals surface area contributed by atoms with E-state index in [0.717, 1.165) is 38.7 Å². The molecular weight excluding hydrogens is 252 g/mol. The normalized spacial score (nSPS) is 10.7. The Labute approximate surface area is 120 Å². The summed E-state index contributed by atoms with van der Waals surface area (Å²) in [6.45, 7) is 7.32. The van der Waals surface area contributed by atoms with Gasteiger partial charge in [-0.15, -0.1) is 0 Å². The molecule has 20 heavy (non-hydrogen) atoms. The van der Waals surface area contributed by atoms with E-state index in [0.29, 0.717) is 0 Å². The molecule has 2 rings (SSSR count). The van der Waals surface area contributed by atoms with Gasteiger partial charge in [0, 0.05) is 44.5 Å². The maximum atomic E-state index is 5.32. The van der Waals surface area contributed by atoms with Crippen LogP contribution in [0.4, 0.5) is 5.95 Å². The molecule has 108 valence electrons. The van der Waals surface area contributed by atoms with Crippen molar-refractivity contribution in [3.05, 3.63) is 42.0 Å². The molecule has 5 heteroatoms. The zero-order valence-corrected chi connectivity index (χ0v) is 12.2. The first kappa shape index (κ1) is 14.5. The van der Waals surface area contributed by atoms with Crippen LogP contribution in [0.3, 0.4) is 0 Å². The number of nitrogens with zero attached hydrogens (tertiary/aromatic N) is 3. The van der Waals surface area contributed by atoms with E-state index in [9.17, 15) is 0 Å². The van der Waals surface area contributed by atoms with Crippen molar-refractivity contribution in [2.24, 2.45) is 0 Å². The number of pyridine rings is 1. The number of nitrogens with one attached hydrogen (secondary N) is 1. The molecule has 0 saturated heterocycles. The first-order valence-electron chi connectivity index (χ1n) is 7.03. The Bertz CT molecular complexity index is 524. The Morgan fingerprint density at radius 3 is 3.05 bits per heavy atom. The first-order valence-corrected chi connectivity index (χ1v) is 7.03. The van der Waals surface area contributed by atoms with Crippen LogP contribution in [0.2, 0.25) is 0 Å². The van der Waals surface area contributed by atoms with Crippen LogP contribution in [0.25, 0.3) is 0 Å². The van der Waals surface area contributed by atoms with Crippen LogP contribution in [-0.2, 0) is 11.3 Å². The van der Waals surface area contributed by atoms with E-state index in [1.807, 2.05) is 37.8 Å². The minimum atomic E-state index is 0.774. The Morgan fingerprint density at radius 1 is 1.35 bits per heavy atom. The third kappa shape index (κ3) is 4.06. The van der Waals surface area contributed by atoms with Gasteiger partial charge in [0.1, 0.15) is 0 Å². The van der Waals surface area contributed by atoms with Crippen molar-refractivity contribution >= 4 is 5.95 Å². The van der Waals surface area contributed by atoms with E-state index in [1.165, 1.54) is 11.1 Å². The van der Waals surface area contributed by atoms with Gasteiger partial charge in [0.05, 0.1) is 6.54 Å². The highest BCUT2D eigenvalue weighted by atomic mass is 16.5. The number of hydrogen-bond donors (Lipinski definition) is 1. The minimum Gasteiger partial charge on any atom is -0.382 e. The van der Waals surface area contributed by atoms with Gasteiger partial charge >= 0.3 is 0 Å². The zero-order valence-electron chi connectivity index (χ0n) is 12.2. The third-order valence-corrected chi connectivity index (χ3v) is 3.15. The first-order chi connectivity index (χ1) is 9.81. The molecule has 0 fully saturated rings. The van der Waals surface area contributed by atoms with E-state index in [2.05, 4.69) is 26.8 Å². The molecular formula is C15H22N4O. The second-order valence-electron chi connectivity index (χ2n) is 4.66. The lowest BCUT2D eigenvalue weighted by Gasteiger charge is -2.11. The number of hydrogen-bond acceptors (Lipinski definition) is 4. The standard InChI is InChI=1S/C15H22N4O/c1-3-20-10-4-6-17-15-18-8-9-19(15)12-14-5-7-16-11-13(14)2/h5,7-9,11H,3-4,6,10,12H2,1-2H3,(H,17,18). The topological polar surface area (TPSA) is 52.0 Å². The molecule has 0 atom stereocenters. The molecule has 0 bridgehead atoms. The highest BCUT2D eigenvalue weighted by molar-refractivity contribution is 5.29. The van der Waals surface area contributed by atoms with Crippen molar-refractivity contribution in [1.29, 1.82) is 0 Å². The quantitative estimate of drug-likeness (QED) is 0.751. The molecule has 0 spiro atoms. The number of aromatic nitrogens is 3. The highest BCUT2D eigenvalue weighted by Gasteiger charge is 2.04. The highest BCUT2D eigenvalue weighted by Crippen LogP contribution is 2.12. The molecule has 2 heterocycles. The number of anilines is 1. The maximum absolute atomic E-state index is 5.32. The molecule has 0 aromatic carbocycles. The predicted molar refractivity (Wildman–Crippen MR) is 79.9 cm³/mol. The van der Waals surface area contributed by atoms with Gasteiger partial charge in [0.2, 0.25) is 5.95 Å². The molecule has 0 aliphatic heterocycles. The fraction of sp³-hybridized carbons (Fsp3) is 0.467. The van der Waals surface area contributed by atoms with Crippen molar-refractivity contribution in [3.63, 3.8) is 0 Å². The molecule has 2 aromatic rings. The smallest absolute Gasteiger partial charge is 0.203 e. The van der Waals surface area contributed by atoms with Crippen molar-refractivity contribution in [2.45, 2.75) is 26.8 Å². The number of imidazole rings is 1. The molecule has 0 saturated carbocycles. The molecule has 1 N–H and O–H groups in total. The summed E-state index contributed by atoms with van der Waals surface area (Å²) in [5, 5.41) is 3.35. The minimum absolute atomic E-state index is 0.774. The van der Waals surface area contributed by atoms with Crippen LogP contribution < -0.4 is 5.32 Å². The predicted octanol–water partition coefficient (Wildman–Crippen LogP) is 2.47. The summed E-state index contributed by atoms with van der Waals surface area (Å²) in [6, 6.07) is 2.05. The maximum Gasteiger partial charge on any atom is 0.203 e. The Kier molecular flexibility index (Phi) is 5.55. The molecule has 0 amide bonds. The lowest BCUT2D eigenvalue weighted by Crippen LogP contribution is -2.11. The van der Waals surface area contributed by atoms with Gasteiger partial charge < -0.3 is 14.6 Å². The van der Waals surface area contributed by atoms with Crippen LogP contribution in [0.5, 0.6) is 0 Å². The van der Waals surface area contributed by atoms with Gasteiger partial charge in [-0.3, -0.25) is 4.98 Å². The average molecular weight is 274 g/mol. The average Bonchev–Trinajstić information content (AvgIpc) is 2.89. The van der Waals surface area contributed by atoms with Crippen molar-refractivity contribution in [2.75, 3.05) is 25.1 Å². The number of rotatable bonds is 8. The summed E-state index contributed by atoms with van der Waals surface area (Å²) in [4.78, 5) is 8.48. The van der Waals surface area contributed by atoms with Crippen molar-refractivity contribution in [3.8, 4) is 0 Å². The number of ether oxygens (including phenoxy) is 1. The van der Waals surface area contributed by atoms with E-state index in [4.69, 9.17) is 4.74 Å². The number of aryl methyl sites for hydroxylation is 1. The van der Waals surface area contributed by atoms with E-state index in [1.54, 1.807) is 0 Å². The van der Waals surface area contributed by atoms with Gasteiger partial charge in [-0.2, -0.15) is 0 Å². The lowest BCUT2D eigenvalue weighted by atomic mass is 10.1. The Balaban J connectivity index is 1.90. The molecule has 5 nitrogen and oxygen atoms in total. The SMILES string of the molecule is CCOCCCNc1nccn1Cc1ccncc1C. The van der Waals surface area contributed by atoms with Gasteiger partial charge in [0.15, 0.2) is 0 Å². The van der Waals surface area contributed by atoms with Crippen LogP contribution >= 0.6 is 0 Å². The largest absolute Gasteiger partial charge is 0.382 e. The Hall–Kier alpha value is -1.88. The van der Waals surface area contributed by atoms with Gasteiger partial charge in [-0.25, -0.2) is 4.98 Å². The third-order valence-electron chi connectivity index (χ3n) is 3.15. The van der Waals surface area contributed by atoms with Crippen LogP contribution in [0.1, 0.15) is 24.5 Å². The monoisotopic (exact) mass is 274 g/mol. The van der Waals surface area contributed by atoms with E-state index >= 15 is 0 Å². The molecule has 2 aromatic heterocycles. The molecule has 0 unspecified atom stereocenters. The van der Waals surface area contributed by atoms with E-state index < -0.39 is 0 Å². The van der Waals surface area contributed by atoms with Gasteiger partial charge in [-0.1, -0.05) is 0 Å². The second kappa shape index (κ2) is 7.65. The van der Waals surface area contributed by atoms with Gasteiger partial charge in [-0.05, 0) is 37.5 Å². The summed E-state index contributed by atoms with van der Waals surface area (Å²) in [5.74, 6) is 0.901. The molecule has 0 radical (unpaired) electrons. The summed E-state index contributed by atoms with van der Waals surface area (Å²) >= 11 is 0. The van der Waals surface area contributed by atoms with Crippen molar-refractivity contribution < 1.29 is 4.74 Å². The fourth-order valence-electron chi connectivity index (χ4n) is 1.99. The summed E-state index contributed by atoms with van der Waals surface area (Å²) in [7, 11) is 0. The van der Waals surface area contributed by atoms with Crippen LogP contribution in [0, 0.1) is 6.92 Å². The Morgan fingerprint density at radius 2 is 2.25 bits per heavy atom. The summed E-state index contributed by atoms with van der Waals surface area (Å²) < 4.78 is 7.43. The van der Waals surface area contributed by atoms with Gasteiger partial charge in [0.25, 0.3) is 0 Å². The molecule has 0 aliphatic carbocycles. The second-order valence-corrected chi connectivity index (χ2v) is 4.66. The van der Waals surface area contributed by atoms with Crippen LogP contribution in [0.15, 0.2) is 30.9 Å². The van der Waals surface area contributed by atoms with Crippen molar-refractivity contribution in [1.82, 2.24) is 14.5 Å². The summed E-state index contributed by atoms with van der Waals surface area (Å²) in [6.07, 6.45) is 8.51.